The zero-order valence-electron chi connectivity index (χ0n) is 19.8. The molecule has 0 bridgehead atoms. The van der Waals surface area contributed by atoms with E-state index in [9.17, 15) is 12.8 Å². The van der Waals surface area contributed by atoms with Crippen molar-refractivity contribution in [3.05, 3.63) is 89.5 Å². The summed E-state index contributed by atoms with van der Waals surface area (Å²) < 4.78 is 53.3. The third kappa shape index (κ3) is 7.60. The molecule has 11 heteroatoms. The monoisotopic (exact) mass is 514 g/mol. The van der Waals surface area contributed by atoms with Gasteiger partial charge in [0.2, 0.25) is 0 Å². The predicted molar refractivity (Wildman–Crippen MR) is 135 cm³/mol. The molecule has 2 aromatic heterocycles. The topological polar surface area (TPSA) is 141 Å². The van der Waals surface area contributed by atoms with Gasteiger partial charge < -0.3 is 20.2 Å². The molecule has 0 fully saturated rings. The molecule has 4 rings (SSSR count). The Hall–Kier alpha value is -3.80. The average molecular weight is 515 g/mol. The van der Waals surface area contributed by atoms with Crippen molar-refractivity contribution in [1.82, 2.24) is 9.97 Å². The molecular formula is C25H27FN4O5S. The minimum Gasteiger partial charge on any atom is -0.489 e. The third-order valence-electron chi connectivity index (χ3n) is 5.07. The molecule has 190 valence electrons. The van der Waals surface area contributed by atoms with Gasteiger partial charge in [-0.3, -0.25) is 9.54 Å². The molecule has 2 heterocycles. The van der Waals surface area contributed by atoms with Crippen LogP contribution in [-0.4, -0.2) is 36.1 Å². The second-order valence-corrected chi connectivity index (χ2v) is 9.22. The van der Waals surface area contributed by atoms with Gasteiger partial charge >= 0.3 is 0 Å². The Balaban J connectivity index is 0.000000275. The van der Waals surface area contributed by atoms with Crippen molar-refractivity contribution in [2.75, 3.05) is 18.5 Å². The van der Waals surface area contributed by atoms with Crippen LogP contribution in [0.1, 0.15) is 16.8 Å². The number of halogens is 1. The van der Waals surface area contributed by atoms with Gasteiger partial charge in [-0.1, -0.05) is 23.8 Å². The van der Waals surface area contributed by atoms with Crippen molar-refractivity contribution in [2.45, 2.75) is 25.3 Å². The van der Waals surface area contributed by atoms with Crippen LogP contribution in [0.5, 0.6) is 5.75 Å². The summed E-state index contributed by atoms with van der Waals surface area (Å²) in [6.07, 6.45) is 2.23. The number of pyridine rings is 1. The maximum atomic E-state index is 12.5. The van der Waals surface area contributed by atoms with E-state index in [1.165, 1.54) is 12.1 Å². The van der Waals surface area contributed by atoms with Crippen LogP contribution in [0.2, 0.25) is 0 Å². The number of fused-ring (bicyclic) bond motifs is 1. The number of benzene rings is 2. The molecule has 0 saturated carbocycles. The van der Waals surface area contributed by atoms with E-state index in [0.29, 0.717) is 41.3 Å². The minimum absolute atomic E-state index is 0.0666. The van der Waals surface area contributed by atoms with Crippen LogP contribution in [0.3, 0.4) is 0 Å². The van der Waals surface area contributed by atoms with Crippen molar-refractivity contribution in [3.8, 4) is 5.75 Å². The minimum atomic E-state index is -4.02. The lowest BCUT2D eigenvalue weighted by Gasteiger charge is -2.06. The SMILES string of the molecule is Cc1ccc(S(=O)(=O)O)cc1.Cc1ncccc1CNc1nc2ccc(OC/C(=C\F)CN)cc2o1. The molecule has 0 saturated heterocycles. The van der Waals surface area contributed by atoms with Gasteiger partial charge in [-0.2, -0.15) is 13.4 Å². The third-order valence-corrected chi connectivity index (χ3v) is 5.93. The quantitative estimate of drug-likeness (QED) is 0.288. The Bertz CT molecular complexity index is 1440. The first-order chi connectivity index (χ1) is 17.2. The fourth-order valence-corrected chi connectivity index (χ4v) is 3.45. The maximum Gasteiger partial charge on any atom is 0.295 e. The summed E-state index contributed by atoms with van der Waals surface area (Å²) in [6, 6.07) is 15.6. The molecule has 36 heavy (non-hydrogen) atoms. The van der Waals surface area contributed by atoms with Gasteiger partial charge in [0.1, 0.15) is 17.9 Å². The summed E-state index contributed by atoms with van der Waals surface area (Å²) in [6.45, 7) is 4.57. The van der Waals surface area contributed by atoms with Gasteiger partial charge in [0.25, 0.3) is 16.1 Å². The number of nitrogens with two attached hydrogens (primary N) is 1. The average Bonchev–Trinajstić information content (AvgIpc) is 3.26. The highest BCUT2D eigenvalue weighted by molar-refractivity contribution is 7.85. The lowest BCUT2D eigenvalue weighted by molar-refractivity contribution is 0.347. The zero-order chi connectivity index (χ0) is 26.1. The maximum absolute atomic E-state index is 12.5. The summed E-state index contributed by atoms with van der Waals surface area (Å²) in [7, 11) is -4.02. The van der Waals surface area contributed by atoms with E-state index in [0.717, 1.165) is 16.8 Å². The Morgan fingerprint density at radius 2 is 1.94 bits per heavy atom. The number of nitrogens with zero attached hydrogens (tertiary/aromatic N) is 2. The van der Waals surface area contributed by atoms with Crippen LogP contribution in [-0.2, 0) is 16.7 Å². The van der Waals surface area contributed by atoms with Gasteiger partial charge in [-0.15, -0.1) is 0 Å². The first-order valence-corrected chi connectivity index (χ1v) is 12.3. The molecule has 0 aliphatic rings. The van der Waals surface area contributed by atoms with Crippen molar-refractivity contribution in [1.29, 1.82) is 0 Å². The molecule has 0 atom stereocenters. The van der Waals surface area contributed by atoms with E-state index >= 15 is 0 Å². The highest BCUT2D eigenvalue weighted by atomic mass is 32.2. The van der Waals surface area contributed by atoms with E-state index in [-0.39, 0.29) is 18.0 Å². The summed E-state index contributed by atoms with van der Waals surface area (Å²) >= 11 is 0. The summed E-state index contributed by atoms with van der Waals surface area (Å²) in [4.78, 5) is 8.56. The summed E-state index contributed by atoms with van der Waals surface area (Å²) in [5.41, 5.74) is 10.1. The van der Waals surface area contributed by atoms with Crippen LogP contribution < -0.4 is 15.8 Å². The number of rotatable bonds is 8. The van der Waals surface area contributed by atoms with Gasteiger partial charge in [-0.25, -0.2) is 4.39 Å². The smallest absolute Gasteiger partial charge is 0.295 e. The molecule has 0 spiro atoms. The number of hydrogen-bond acceptors (Lipinski definition) is 8. The number of aromatic nitrogens is 2. The Labute approximate surface area is 208 Å². The van der Waals surface area contributed by atoms with E-state index in [1.54, 1.807) is 36.5 Å². The number of aryl methyl sites for hydroxylation is 2. The summed E-state index contributed by atoms with van der Waals surface area (Å²) in [5, 5.41) is 3.15. The molecule has 0 amide bonds. The second kappa shape index (κ2) is 12.2. The molecular weight excluding hydrogens is 487 g/mol. The van der Waals surface area contributed by atoms with Gasteiger partial charge in [-0.05, 0) is 49.7 Å². The van der Waals surface area contributed by atoms with Crippen molar-refractivity contribution >= 4 is 27.2 Å². The van der Waals surface area contributed by atoms with E-state index < -0.39 is 10.1 Å². The molecule has 9 nitrogen and oxygen atoms in total. The number of oxazole rings is 1. The van der Waals surface area contributed by atoms with E-state index in [1.807, 2.05) is 26.0 Å². The van der Waals surface area contributed by atoms with Gasteiger partial charge in [0.15, 0.2) is 5.58 Å². The number of ether oxygens (including phenoxy) is 1. The summed E-state index contributed by atoms with van der Waals surface area (Å²) in [5.74, 6) is 0.561. The Morgan fingerprint density at radius 1 is 1.19 bits per heavy atom. The van der Waals surface area contributed by atoms with Crippen molar-refractivity contribution in [2.24, 2.45) is 5.73 Å². The second-order valence-electron chi connectivity index (χ2n) is 7.80. The van der Waals surface area contributed by atoms with Crippen LogP contribution in [0.4, 0.5) is 10.4 Å². The van der Waals surface area contributed by atoms with Crippen LogP contribution in [0, 0.1) is 13.8 Å². The highest BCUT2D eigenvalue weighted by Crippen LogP contribution is 2.24. The first kappa shape index (κ1) is 26.8. The molecule has 4 aromatic rings. The molecule has 0 aliphatic heterocycles. The fourth-order valence-electron chi connectivity index (χ4n) is 2.97. The van der Waals surface area contributed by atoms with Crippen LogP contribution in [0.15, 0.2) is 82.0 Å². The van der Waals surface area contributed by atoms with Gasteiger partial charge in [0.05, 0.1) is 11.2 Å². The predicted octanol–water partition coefficient (Wildman–Crippen LogP) is 4.58. The van der Waals surface area contributed by atoms with E-state index in [2.05, 4.69) is 15.3 Å². The molecule has 0 radical (unpaired) electrons. The lowest BCUT2D eigenvalue weighted by atomic mass is 10.2. The van der Waals surface area contributed by atoms with Crippen molar-refractivity contribution < 1.29 is 26.5 Å². The first-order valence-electron chi connectivity index (χ1n) is 10.9. The fraction of sp³-hybridized carbons (Fsp3) is 0.200. The Morgan fingerprint density at radius 3 is 2.58 bits per heavy atom. The highest BCUT2D eigenvalue weighted by Gasteiger charge is 2.09. The number of nitrogens with one attached hydrogen (secondary N) is 1. The molecule has 0 aliphatic carbocycles. The van der Waals surface area contributed by atoms with E-state index in [4.69, 9.17) is 19.4 Å². The standard InChI is InChI=1S/C18H19FN4O2.C7H8O3S/c1-12-14(3-2-6-21-12)10-22-18-23-16-5-4-15(7-17(16)25-18)24-11-13(8-19)9-20;1-6-2-4-7(5-3-6)11(8,9)10/h2-8H,9-11,20H2,1H3,(H,22,23);2-5H,1H3,(H,8,9,10)/b13-8-;. The molecule has 2 aromatic carbocycles. The van der Waals surface area contributed by atoms with Crippen molar-refractivity contribution in [3.63, 3.8) is 0 Å². The largest absolute Gasteiger partial charge is 0.489 e. The van der Waals surface area contributed by atoms with Crippen LogP contribution >= 0.6 is 0 Å². The normalized spacial score (nSPS) is 11.6. The zero-order valence-corrected chi connectivity index (χ0v) is 20.6. The van der Waals surface area contributed by atoms with Crippen LogP contribution in [0.25, 0.3) is 11.1 Å². The number of hydrogen-bond donors (Lipinski definition) is 3. The molecule has 4 N–H and O–H groups in total. The Kier molecular flexibility index (Phi) is 9.12. The molecule has 0 unspecified atom stereocenters. The van der Waals surface area contributed by atoms with Gasteiger partial charge in [0, 0.05) is 36.6 Å². The lowest BCUT2D eigenvalue weighted by Crippen LogP contribution is -2.10. The number of anilines is 1.